The van der Waals surface area contributed by atoms with Crippen molar-refractivity contribution in [3.63, 3.8) is 0 Å². The zero-order valence-electron chi connectivity index (χ0n) is 10.9. The Morgan fingerprint density at radius 1 is 1.63 bits per heavy atom. The van der Waals surface area contributed by atoms with Gasteiger partial charge >= 0.3 is 5.97 Å². The molecule has 1 unspecified atom stereocenters. The van der Waals surface area contributed by atoms with E-state index in [1.807, 2.05) is 0 Å². The fourth-order valence-electron chi connectivity index (χ4n) is 1.27. The van der Waals surface area contributed by atoms with Crippen LogP contribution in [0.2, 0.25) is 0 Å². The summed E-state index contributed by atoms with van der Waals surface area (Å²) in [7, 11) is 0. The number of carboxylic acids is 1. The maximum atomic E-state index is 10.5. The first-order chi connectivity index (χ1) is 9.11. The van der Waals surface area contributed by atoms with Gasteiger partial charge in [-0.1, -0.05) is 25.1 Å². The minimum atomic E-state index is -0.883. The Labute approximate surface area is 121 Å². The van der Waals surface area contributed by atoms with E-state index in [0.717, 1.165) is 17.2 Å². The van der Waals surface area contributed by atoms with E-state index in [0.29, 0.717) is 24.7 Å². The van der Waals surface area contributed by atoms with Crippen LogP contribution in [0.3, 0.4) is 0 Å². The Balaban J connectivity index is 2.20. The fraction of sp³-hybridized carbons (Fsp3) is 0.667. The largest absolute Gasteiger partial charge is 0.481 e. The summed E-state index contributed by atoms with van der Waals surface area (Å²) in [5.74, 6) is -0.377. The summed E-state index contributed by atoms with van der Waals surface area (Å²) >= 11 is 2.83. The number of aromatic nitrogens is 1. The highest BCUT2D eigenvalue weighted by atomic mass is 32.2. The average Bonchev–Trinajstić information content (AvgIpc) is 2.79. The molecule has 0 saturated carbocycles. The molecule has 108 valence electrons. The number of aliphatic hydroxyl groups excluding tert-OH is 1. The van der Waals surface area contributed by atoms with Gasteiger partial charge in [-0.2, -0.15) is 0 Å². The van der Waals surface area contributed by atoms with E-state index in [1.165, 1.54) is 23.1 Å². The van der Waals surface area contributed by atoms with Crippen molar-refractivity contribution >= 4 is 29.1 Å². The van der Waals surface area contributed by atoms with Gasteiger partial charge in [0, 0.05) is 17.7 Å². The maximum Gasteiger partial charge on any atom is 0.309 e. The molecule has 19 heavy (non-hydrogen) atoms. The molecule has 0 aliphatic carbocycles. The number of thioether (sulfide) groups is 1. The summed E-state index contributed by atoms with van der Waals surface area (Å²) in [5.41, 5.74) is 0.564. The highest BCUT2D eigenvalue weighted by Gasteiger charge is 2.09. The molecule has 0 aliphatic heterocycles. The number of hydrogen-bond acceptors (Lipinski definition) is 6. The molecule has 1 rings (SSSR count). The van der Waals surface area contributed by atoms with Crippen molar-refractivity contribution in [1.82, 2.24) is 4.98 Å². The van der Waals surface area contributed by atoms with Gasteiger partial charge in [0.15, 0.2) is 0 Å². The third-order valence-corrected chi connectivity index (χ3v) is 4.43. The first-order valence-electron chi connectivity index (χ1n) is 6.16. The number of ether oxygens (including phenoxy) is 1. The zero-order chi connectivity index (χ0) is 14.1. The molecular formula is C12H19NO4S2. The van der Waals surface area contributed by atoms with Crippen molar-refractivity contribution in [3.05, 3.63) is 11.1 Å². The molecule has 0 radical (unpaired) electrons. The summed E-state index contributed by atoms with van der Waals surface area (Å²) < 4.78 is 6.11. The summed E-state index contributed by atoms with van der Waals surface area (Å²) in [6.45, 7) is 3.10. The van der Waals surface area contributed by atoms with Crippen molar-refractivity contribution < 1.29 is 19.7 Å². The van der Waals surface area contributed by atoms with Crippen LogP contribution in [0.25, 0.3) is 0 Å². The molecule has 1 heterocycles. The number of aliphatic hydroxyl groups is 1. The van der Waals surface area contributed by atoms with Crippen LogP contribution in [0.15, 0.2) is 9.72 Å². The van der Waals surface area contributed by atoms with Gasteiger partial charge in [0.05, 0.1) is 24.8 Å². The summed E-state index contributed by atoms with van der Waals surface area (Å²) in [4.78, 5) is 14.7. The quantitative estimate of drug-likeness (QED) is 0.509. The Kier molecular flexibility index (Phi) is 8.04. The number of nitrogens with zero attached hydrogens (tertiary/aromatic N) is 1. The molecule has 0 amide bonds. The van der Waals surface area contributed by atoms with Crippen molar-refractivity contribution in [2.24, 2.45) is 0 Å². The molecular weight excluding hydrogens is 286 g/mol. The first kappa shape index (κ1) is 16.4. The highest BCUT2D eigenvalue weighted by Crippen LogP contribution is 2.23. The van der Waals surface area contributed by atoms with E-state index in [1.54, 1.807) is 5.38 Å². The van der Waals surface area contributed by atoms with E-state index in [9.17, 15) is 9.90 Å². The minimum Gasteiger partial charge on any atom is -0.481 e. The molecule has 0 aliphatic rings. The molecule has 1 aromatic heterocycles. The van der Waals surface area contributed by atoms with Crippen LogP contribution in [-0.2, 0) is 16.0 Å². The van der Waals surface area contributed by atoms with Gasteiger partial charge in [-0.25, -0.2) is 4.98 Å². The van der Waals surface area contributed by atoms with Crippen LogP contribution < -0.4 is 0 Å². The van der Waals surface area contributed by atoms with E-state index in [-0.39, 0.29) is 6.42 Å². The minimum absolute atomic E-state index is 0.0558. The number of carbonyl (C=O) groups is 1. The number of unbranched alkanes of at least 4 members (excludes halogenated alkanes) is 1. The van der Waals surface area contributed by atoms with Crippen molar-refractivity contribution in [2.45, 2.75) is 36.6 Å². The third kappa shape index (κ3) is 7.51. The van der Waals surface area contributed by atoms with Gasteiger partial charge in [0.25, 0.3) is 0 Å². The van der Waals surface area contributed by atoms with Gasteiger partial charge in [-0.15, -0.1) is 11.3 Å². The summed E-state index contributed by atoms with van der Waals surface area (Å²) in [5, 5.41) is 20.1. The number of aliphatic carboxylic acids is 1. The molecule has 5 nitrogen and oxygen atoms in total. The van der Waals surface area contributed by atoms with Crippen molar-refractivity contribution in [3.8, 4) is 0 Å². The standard InChI is InChI=1S/C12H19NO4S2/c1-2-3-4-17-6-10(14)8-19-12-13-9(7-18-12)5-11(15)16/h7,10,14H,2-6,8H2,1H3,(H,15,16). The smallest absolute Gasteiger partial charge is 0.309 e. The maximum absolute atomic E-state index is 10.5. The number of thiazole rings is 1. The molecule has 0 spiro atoms. The lowest BCUT2D eigenvalue weighted by Gasteiger charge is -2.09. The first-order valence-corrected chi connectivity index (χ1v) is 8.03. The SMILES string of the molecule is CCCCOCC(O)CSc1nc(CC(=O)O)cs1. The van der Waals surface area contributed by atoms with Crippen LogP contribution in [0.5, 0.6) is 0 Å². The van der Waals surface area contributed by atoms with Crippen LogP contribution >= 0.6 is 23.1 Å². The number of rotatable bonds is 10. The van der Waals surface area contributed by atoms with Gasteiger partial charge in [-0.05, 0) is 6.42 Å². The van der Waals surface area contributed by atoms with Crippen LogP contribution in [0.4, 0.5) is 0 Å². The molecule has 0 bridgehead atoms. The lowest BCUT2D eigenvalue weighted by atomic mass is 10.3. The van der Waals surface area contributed by atoms with Crippen molar-refractivity contribution in [2.75, 3.05) is 19.0 Å². The molecule has 0 aromatic carbocycles. The average molecular weight is 305 g/mol. The highest BCUT2D eigenvalue weighted by molar-refractivity contribution is 8.01. The Morgan fingerprint density at radius 2 is 2.42 bits per heavy atom. The van der Waals surface area contributed by atoms with Gasteiger partial charge in [0.1, 0.15) is 4.34 Å². The van der Waals surface area contributed by atoms with E-state index >= 15 is 0 Å². The summed E-state index contributed by atoms with van der Waals surface area (Å²) in [6, 6.07) is 0. The second-order valence-corrected chi connectivity index (χ2v) is 6.19. The fourth-order valence-corrected chi connectivity index (χ4v) is 3.05. The van der Waals surface area contributed by atoms with Gasteiger partial charge < -0.3 is 14.9 Å². The van der Waals surface area contributed by atoms with E-state index < -0.39 is 12.1 Å². The third-order valence-electron chi connectivity index (χ3n) is 2.21. The Bertz CT molecular complexity index is 384. The molecule has 0 fully saturated rings. The lowest BCUT2D eigenvalue weighted by Crippen LogP contribution is -2.18. The van der Waals surface area contributed by atoms with Gasteiger partial charge in [0.2, 0.25) is 0 Å². The van der Waals surface area contributed by atoms with Crippen LogP contribution in [0, 0.1) is 0 Å². The normalized spacial score (nSPS) is 12.5. The monoisotopic (exact) mass is 305 g/mol. The van der Waals surface area contributed by atoms with Crippen LogP contribution in [0.1, 0.15) is 25.5 Å². The molecule has 2 N–H and O–H groups in total. The second-order valence-electron chi connectivity index (χ2n) is 4.07. The predicted molar refractivity (Wildman–Crippen MR) is 75.9 cm³/mol. The lowest BCUT2D eigenvalue weighted by molar-refractivity contribution is -0.136. The van der Waals surface area contributed by atoms with Crippen molar-refractivity contribution in [1.29, 1.82) is 0 Å². The molecule has 1 aromatic rings. The Morgan fingerprint density at radius 3 is 3.11 bits per heavy atom. The second kappa shape index (κ2) is 9.30. The molecule has 7 heteroatoms. The topological polar surface area (TPSA) is 79.7 Å². The Hall–Kier alpha value is -0.630. The molecule has 0 saturated heterocycles. The van der Waals surface area contributed by atoms with Crippen LogP contribution in [-0.4, -0.2) is 46.2 Å². The predicted octanol–water partition coefficient (Wildman–Crippen LogP) is 2.04. The molecule has 1 atom stereocenters. The zero-order valence-corrected chi connectivity index (χ0v) is 12.5. The van der Waals surface area contributed by atoms with Gasteiger partial charge in [-0.3, -0.25) is 4.79 Å². The number of hydrogen-bond donors (Lipinski definition) is 2. The van der Waals surface area contributed by atoms with E-state index in [2.05, 4.69) is 11.9 Å². The number of carboxylic acid groups (broad SMARTS) is 1. The van der Waals surface area contributed by atoms with E-state index in [4.69, 9.17) is 9.84 Å². The summed E-state index contributed by atoms with van der Waals surface area (Å²) in [6.07, 6.45) is 1.51.